The van der Waals surface area contributed by atoms with Crippen molar-refractivity contribution in [2.24, 2.45) is 0 Å². The van der Waals surface area contributed by atoms with Gasteiger partial charge >= 0.3 is 12.0 Å². The topological polar surface area (TPSA) is 127 Å². The van der Waals surface area contributed by atoms with E-state index in [1.165, 1.54) is 25.3 Å². The molecule has 0 spiro atoms. The molecule has 28 heavy (non-hydrogen) atoms. The quantitative estimate of drug-likeness (QED) is 0.619. The average Bonchev–Trinajstić information content (AvgIpc) is 3.21. The van der Waals surface area contributed by atoms with Gasteiger partial charge in [-0.1, -0.05) is 30.3 Å². The Morgan fingerprint density at radius 2 is 1.79 bits per heavy atom. The van der Waals surface area contributed by atoms with Crippen LogP contribution in [0.2, 0.25) is 0 Å². The standard InChI is InChI=1S/C19H21N3O6/c1-3-20-19(26)22-17(24)15(13-8-5-4-6-9-13)28-18(25)12(2)21-16(23)14-10-7-11-27-14/h4-12,15H,3H2,1-2H3,(H,21,23)(H2,20,22,24,26)/t12-,15+/m0/s1. The number of hydrogen-bond acceptors (Lipinski definition) is 6. The van der Waals surface area contributed by atoms with Crippen LogP contribution in [0, 0.1) is 0 Å². The Hall–Kier alpha value is -3.62. The Morgan fingerprint density at radius 1 is 1.07 bits per heavy atom. The van der Waals surface area contributed by atoms with Crippen molar-refractivity contribution in [1.82, 2.24) is 16.0 Å². The van der Waals surface area contributed by atoms with Gasteiger partial charge in [0.15, 0.2) is 5.76 Å². The number of ether oxygens (including phenoxy) is 1. The maximum absolute atomic E-state index is 12.4. The fraction of sp³-hybridized carbons (Fsp3) is 0.263. The van der Waals surface area contributed by atoms with Crippen molar-refractivity contribution in [1.29, 1.82) is 0 Å². The molecule has 0 bridgehead atoms. The third kappa shape index (κ3) is 5.70. The van der Waals surface area contributed by atoms with Gasteiger partial charge in [0.05, 0.1) is 6.26 Å². The molecule has 9 heteroatoms. The Bertz CT molecular complexity index is 819. The van der Waals surface area contributed by atoms with Crippen molar-refractivity contribution < 1.29 is 28.3 Å². The van der Waals surface area contributed by atoms with E-state index in [0.717, 1.165) is 0 Å². The number of carbonyl (C=O) groups excluding carboxylic acids is 4. The van der Waals surface area contributed by atoms with Crippen molar-refractivity contribution in [2.75, 3.05) is 6.54 Å². The molecule has 0 fully saturated rings. The molecule has 0 unspecified atom stereocenters. The van der Waals surface area contributed by atoms with Crippen LogP contribution in [0.3, 0.4) is 0 Å². The summed E-state index contributed by atoms with van der Waals surface area (Å²) in [4.78, 5) is 48.5. The lowest BCUT2D eigenvalue weighted by Crippen LogP contribution is -2.44. The molecule has 1 heterocycles. The van der Waals surface area contributed by atoms with Gasteiger partial charge < -0.3 is 19.8 Å². The van der Waals surface area contributed by atoms with Crippen molar-refractivity contribution in [3.05, 3.63) is 60.1 Å². The molecule has 4 amide bonds. The molecule has 0 saturated heterocycles. The van der Waals surface area contributed by atoms with Crippen molar-refractivity contribution in [2.45, 2.75) is 26.0 Å². The summed E-state index contributed by atoms with van der Waals surface area (Å²) in [6, 6.07) is 9.45. The first kappa shape index (κ1) is 20.7. The molecule has 2 aromatic rings. The van der Waals surface area contributed by atoms with Gasteiger partial charge in [0.1, 0.15) is 6.04 Å². The highest BCUT2D eigenvalue weighted by Crippen LogP contribution is 2.18. The molecule has 0 saturated carbocycles. The molecule has 0 aliphatic carbocycles. The predicted molar refractivity (Wildman–Crippen MR) is 98.1 cm³/mol. The van der Waals surface area contributed by atoms with Crippen LogP contribution < -0.4 is 16.0 Å². The number of esters is 1. The molecule has 2 atom stereocenters. The van der Waals surface area contributed by atoms with Gasteiger partial charge in [-0.05, 0) is 26.0 Å². The Balaban J connectivity index is 2.08. The first-order valence-corrected chi connectivity index (χ1v) is 8.60. The zero-order valence-corrected chi connectivity index (χ0v) is 15.4. The molecule has 148 valence electrons. The number of hydrogen-bond donors (Lipinski definition) is 3. The van der Waals surface area contributed by atoms with Gasteiger partial charge in [0.2, 0.25) is 6.10 Å². The lowest BCUT2D eigenvalue weighted by molar-refractivity contribution is -0.157. The summed E-state index contributed by atoms with van der Waals surface area (Å²) in [5.74, 6) is -2.22. The van der Waals surface area contributed by atoms with E-state index in [9.17, 15) is 19.2 Å². The average molecular weight is 387 g/mol. The van der Waals surface area contributed by atoms with Crippen LogP contribution in [0.4, 0.5) is 4.79 Å². The van der Waals surface area contributed by atoms with Crippen molar-refractivity contribution >= 4 is 23.8 Å². The van der Waals surface area contributed by atoms with Crippen LogP contribution in [0.15, 0.2) is 53.1 Å². The zero-order chi connectivity index (χ0) is 20.5. The van der Waals surface area contributed by atoms with Crippen LogP contribution in [-0.4, -0.2) is 36.4 Å². The van der Waals surface area contributed by atoms with E-state index in [4.69, 9.17) is 9.15 Å². The second-order valence-corrected chi connectivity index (χ2v) is 5.75. The molecule has 0 aliphatic rings. The zero-order valence-electron chi connectivity index (χ0n) is 15.4. The number of amides is 4. The Kier molecular flexibility index (Phi) is 7.32. The fourth-order valence-electron chi connectivity index (χ4n) is 2.24. The molecular weight excluding hydrogens is 366 g/mol. The van der Waals surface area contributed by atoms with Gasteiger partial charge in [-0.2, -0.15) is 0 Å². The van der Waals surface area contributed by atoms with Crippen LogP contribution in [0.5, 0.6) is 0 Å². The summed E-state index contributed by atoms with van der Waals surface area (Å²) in [5.41, 5.74) is 0.377. The van der Waals surface area contributed by atoms with E-state index in [0.29, 0.717) is 12.1 Å². The second kappa shape index (κ2) is 9.91. The molecule has 9 nitrogen and oxygen atoms in total. The van der Waals surface area contributed by atoms with Crippen molar-refractivity contribution in [3.63, 3.8) is 0 Å². The number of benzene rings is 1. The van der Waals surface area contributed by atoms with Crippen LogP contribution in [0.25, 0.3) is 0 Å². The summed E-state index contributed by atoms with van der Waals surface area (Å²) in [7, 11) is 0. The highest BCUT2D eigenvalue weighted by Gasteiger charge is 2.29. The number of furan rings is 1. The van der Waals surface area contributed by atoms with Crippen LogP contribution >= 0.6 is 0 Å². The molecule has 1 aromatic heterocycles. The van der Waals surface area contributed by atoms with Crippen molar-refractivity contribution in [3.8, 4) is 0 Å². The molecular formula is C19H21N3O6. The van der Waals surface area contributed by atoms with E-state index < -0.39 is 36.0 Å². The normalized spacial score (nSPS) is 12.4. The smallest absolute Gasteiger partial charge is 0.329 e. The monoisotopic (exact) mass is 387 g/mol. The fourth-order valence-corrected chi connectivity index (χ4v) is 2.24. The van der Waals surface area contributed by atoms with Gasteiger partial charge in [-0.25, -0.2) is 9.59 Å². The second-order valence-electron chi connectivity index (χ2n) is 5.75. The number of imide groups is 1. The van der Waals surface area contributed by atoms with E-state index in [2.05, 4.69) is 16.0 Å². The number of rotatable bonds is 7. The summed E-state index contributed by atoms with van der Waals surface area (Å²) in [6.07, 6.45) is -0.0334. The Morgan fingerprint density at radius 3 is 2.39 bits per heavy atom. The van der Waals surface area contributed by atoms with E-state index in [1.54, 1.807) is 37.3 Å². The van der Waals surface area contributed by atoms with E-state index >= 15 is 0 Å². The lowest BCUT2D eigenvalue weighted by Gasteiger charge is -2.20. The largest absolute Gasteiger partial charge is 0.459 e. The highest BCUT2D eigenvalue weighted by atomic mass is 16.5. The molecule has 3 N–H and O–H groups in total. The third-order valence-electron chi connectivity index (χ3n) is 3.59. The minimum absolute atomic E-state index is 0.0354. The van der Waals surface area contributed by atoms with Gasteiger partial charge in [-0.15, -0.1) is 0 Å². The van der Waals surface area contributed by atoms with Crippen LogP contribution in [-0.2, 0) is 14.3 Å². The first-order chi connectivity index (χ1) is 13.4. The molecule has 1 aromatic carbocycles. The SMILES string of the molecule is CCNC(=O)NC(=O)[C@H](OC(=O)[C@H](C)NC(=O)c1ccco1)c1ccccc1. The number of urea groups is 1. The minimum atomic E-state index is -1.36. The summed E-state index contributed by atoms with van der Waals surface area (Å²) < 4.78 is 10.2. The molecule has 0 radical (unpaired) electrons. The summed E-state index contributed by atoms with van der Waals surface area (Å²) in [6.45, 7) is 3.43. The molecule has 0 aliphatic heterocycles. The summed E-state index contributed by atoms with van der Waals surface area (Å²) in [5, 5.41) is 6.96. The molecule has 2 rings (SSSR count). The third-order valence-corrected chi connectivity index (χ3v) is 3.59. The van der Waals surface area contributed by atoms with E-state index in [1.807, 2.05) is 0 Å². The number of nitrogens with one attached hydrogen (secondary N) is 3. The first-order valence-electron chi connectivity index (χ1n) is 8.60. The maximum atomic E-state index is 12.4. The lowest BCUT2D eigenvalue weighted by atomic mass is 10.1. The number of carbonyl (C=O) groups is 4. The Labute approximate surface area is 161 Å². The van der Waals surface area contributed by atoms with Crippen LogP contribution in [0.1, 0.15) is 36.1 Å². The maximum Gasteiger partial charge on any atom is 0.329 e. The minimum Gasteiger partial charge on any atom is -0.459 e. The highest BCUT2D eigenvalue weighted by molar-refractivity contribution is 5.98. The van der Waals surface area contributed by atoms with Gasteiger partial charge in [-0.3, -0.25) is 14.9 Å². The van der Waals surface area contributed by atoms with Gasteiger partial charge in [0, 0.05) is 12.1 Å². The summed E-state index contributed by atoms with van der Waals surface area (Å²) >= 11 is 0. The van der Waals surface area contributed by atoms with E-state index in [-0.39, 0.29) is 5.76 Å². The van der Waals surface area contributed by atoms with Gasteiger partial charge in [0.25, 0.3) is 11.8 Å². The predicted octanol–water partition coefficient (Wildman–Crippen LogP) is 1.53.